The van der Waals surface area contributed by atoms with Crippen LogP contribution in [0.3, 0.4) is 0 Å². The van der Waals surface area contributed by atoms with Gasteiger partial charge in [0.05, 0.1) is 0 Å². The van der Waals surface area contributed by atoms with E-state index in [0.29, 0.717) is 0 Å². The molecule has 0 amide bonds. The molecule has 3 heteroatoms. The first-order valence-corrected chi connectivity index (χ1v) is 8.02. The van der Waals surface area contributed by atoms with Crippen molar-refractivity contribution in [2.24, 2.45) is 5.92 Å². The lowest BCUT2D eigenvalue weighted by molar-refractivity contribution is 0.426. The van der Waals surface area contributed by atoms with Gasteiger partial charge in [-0.05, 0) is 38.3 Å². The zero-order chi connectivity index (χ0) is 10.9. The van der Waals surface area contributed by atoms with Crippen LogP contribution >= 0.6 is 0 Å². The van der Waals surface area contributed by atoms with Gasteiger partial charge in [0.25, 0.3) is 0 Å². The number of rotatable bonds is 6. The van der Waals surface area contributed by atoms with Gasteiger partial charge in [0.1, 0.15) is 0 Å². The Morgan fingerprint density at radius 2 is 1.87 bits per heavy atom. The van der Waals surface area contributed by atoms with Gasteiger partial charge in [-0.1, -0.05) is 25.7 Å². The van der Waals surface area contributed by atoms with Crippen LogP contribution in [0.15, 0.2) is 0 Å². The monoisotopic (exact) mass is 231 g/mol. The molecule has 0 radical (unpaired) electrons. The highest BCUT2D eigenvalue weighted by Crippen LogP contribution is 2.21. The Labute approximate surface area is 96.7 Å². The lowest BCUT2D eigenvalue weighted by Crippen LogP contribution is -2.24. The normalized spacial score (nSPS) is 21.1. The summed E-state index contributed by atoms with van der Waals surface area (Å²) in [6.07, 6.45) is 11.4. The second-order valence-electron chi connectivity index (χ2n) is 4.69. The number of hydrogen-bond donors (Lipinski definition) is 1. The fourth-order valence-corrected chi connectivity index (χ4v) is 2.83. The molecule has 1 atom stereocenters. The first kappa shape index (κ1) is 13.2. The molecule has 0 saturated heterocycles. The Balaban J connectivity index is 1.96. The lowest BCUT2D eigenvalue weighted by Gasteiger charge is -2.14. The van der Waals surface area contributed by atoms with E-state index in [1.165, 1.54) is 45.1 Å². The van der Waals surface area contributed by atoms with E-state index in [0.717, 1.165) is 24.6 Å². The van der Waals surface area contributed by atoms with Crippen LogP contribution in [0.1, 0.15) is 44.9 Å². The van der Waals surface area contributed by atoms with Gasteiger partial charge in [-0.3, -0.25) is 4.21 Å². The standard InChI is InChI=1S/C12H25NOS/c1-15(14)10-6-9-13-11-12-7-4-2-3-5-8-12/h12-13H,2-11H2,1H3. The topological polar surface area (TPSA) is 29.1 Å². The van der Waals surface area contributed by atoms with Crippen LogP contribution in [0.2, 0.25) is 0 Å². The van der Waals surface area contributed by atoms with Gasteiger partial charge in [0, 0.05) is 22.8 Å². The first-order valence-electron chi connectivity index (χ1n) is 6.30. The fourth-order valence-electron chi connectivity index (χ4n) is 2.27. The molecule has 0 aliphatic heterocycles. The molecule has 1 N–H and O–H groups in total. The second-order valence-corrected chi connectivity index (χ2v) is 6.25. The molecule has 0 aromatic carbocycles. The molecular weight excluding hydrogens is 206 g/mol. The number of hydrogen-bond acceptors (Lipinski definition) is 2. The largest absolute Gasteiger partial charge is 0.316 e. The summed E-state index contributed by atoms with van der Waals surface area (Å²) >= 11 is 0. The minimum Gasteiger partial charge on any atom is -0.316 e. The number of nitrogens with one attached hydrogen (secondary N) is 1. The van der Waals surface area contributed by atoms with E-state index in [-0.39, 0.29) is 0 Å². The molecule has 1 saturated carbocycles. The van der Waals surface area contributed by atoms with Crippen LogP contribution < -0.4 is 5.32 Å². The van der Waals surface area contributed by atoms with E-state index >= 15 is 0 Å². The Morgan fingerprint density at radius 3 is 2.47 bits per heavy atom. The minimum absolute atomic E-state index is 0.617. The van der Waals surface area contributed by atoms with E-state index in [1.54, 1.807) is 6.26 Å². The Morgan fingerprint density at radius 1 is 1.20 bits per heavy atom. The maximum atomic E-state index is 10.8. The molecule has 1 fully saturated rings. The van der Waals surface area contributed by atoms with Gasteiger partial charge < -0.3 is 5.32 Å². The summed E-state index contributed by atoms with van der Waals surface area (Å²) in [6.45, 7) is 2.21. The van der Waals surface area contributed by atoms with Crippen LogP contribution in [-0.2, 0) is 10.8 Å². The highest BCUT2D eigenvalue weighted by Gasteiger charge is 2.11. The summed E-state index contributed by atoms with van der Waals surface area (Å²) in [4.78, 5) is 0. The molecule has 1 unspecified atom stereocenters. The smallest absolute Gasteiger partial charge is 0.0244 e. The third-order valence-electron chi connectivity index (χ3n) is 3.19. The molecular formula is C12H25NOS. The van der Waals surface area contributed by atoms with Crippen LogP contribution in [0.5, 0.6) is 0 Å². The van der Waals surface area contributed by atoms with Crippen LogP contribution in [0, 0.1) is 5.92 Å². The average Bonchev–Trinajstić information content (AvgIpc) is 2.45. The molecule has 0 spiro atoms. The Bertz CT molecular complexity index is 176. The maximum absolute atomic E-state index is 10.8. The quantitative estimate of drug-likeness (QED) is 0.561. The summed E-state index contributed by atoms with van der Waals surface area (Å²) in [6, 6.07) is 0. The Kier molecular flexibility index (Phi) is 7.28. The predicted molar refractivity (Wildman–Crippen MR) is 67.6 cm³/mol. The summed E-state index contributed by atoms with van der Waals surface area (Å²) in [5.41, 5.74) is 0. The van der Waals surface area contributed by atoms with Crippen molar-refractivity contribution in [2.45, 2.75) is 44.9 Å². The van der Waals surface area contributed by atoms with Crippen LogP contribution in [0.25, 0.3) is 0 Å². The fraction of sp³-hybridized carbons (Fsp3) is 1.00. The first-order chi connectivity index (χ1) is 7.29. The van der Waals surface area contributed by atoms with Crippen molar-refractivity contribution >= 4 is 10.8 Å². The Hall–Kier alpha value is 0.110. The van der Waals surface area contributed by atoms with Crippen molar-refractivity contribution in [2.75, 3.05) is 25.1 Å². The molecule has 0 bridgehead atoms. The average molecular weight is 231 g/mol. The van der Waals surface area contributed by atoms with E-state index in [1.807, 2.05) is 0 Å². The van der Waals surface area contributed by atoms with Crippen molar-refractivity contribution in [3.8, 4) is 0 Å². The predicted octanol–water partition coefficient (Wildman–Crippen LogP) is 2.32. The molecule has 1 rings (SSSR count). The molecule has 1 aliphatic rings. The molecule has 90 valence electrons. The van der Waals surface area contributed by atoms with Gasteiger partial charge in [-0.2, -0.15) is 0 Å². The highest BCUT2D eigenvalue weighted by atomic mass is 32.2. The van der Waals surface area contributed by atoms with Crippen molar-refractivity contribution in [1.29, 1.82) is 0 Å². The van der Waals surface area contributed by atoms with Crippen molar-refractivity contribution in [3.05, 3.63) is 0 Å². The zero-order valence-corrected chi connectivity index (χ0v) is 10.8. The SMILES string of the molecule is CS(=O)CCCNCC1CCCCCC1. The third-order valence-corrected chi connectivity index (χ3v) is 4.06. The van der Waals surface area contributed by atoms with Crippen LogP contribution in [0.4, 0.5) is 0 Å². The van der Waals surface area contributed by atoms with Crippen LogP contribution in [-0.4, -0.2) is 29.3 Å². The molecule has 0 heterocycles. The van der Waals surface area contributed by atoms with Gasteiger partial charge in [-0.25, -0.2) is 0 Å². The maximum Gasteiger partial charge on any atom is 0.0244 e. The van der Waals surface area contributed by atoms with Gasteiger partial charge in [0.2, 0.25) is 0 Å². The minimum atomic E-state index is -0.617. The molecule has 0 aromatic heterocycles. The van der Waals surface area contributed by atoms with Crippen molar-refractivity contribution < 1.29 is 4.21 Å². The van der Waals surface area contributed by atoms with Gasteiger partial charge in [-0.15, -0.1) is 0 Å². The molecule has 0 aromatic rings. The van der Waals surface area contributed by atoms with Gasteiger partial charge in [0.15, 0.2) is 0 Å². The van der Waals surface area contributed by atoms with Crippen molar-refractivity contribution in [1.82, 2.24) is 5.32 Å². The molecule has 15 heavy (non-hydrogen) atoms. The van der Waals surface area contributed by atoms with E-state index in [4.69, 9.17) is 0 Å². The van der Waals surface area contributed by atoms with E-state index in [9.17, 15) is 4.21 Å². The summed E-state index contributed by atoms with van der Waals surface area (Å²) in [7, 11) is -0.617. The summed E-state index contributed by atoms with van der Waals surface area (Å²) in [5.74, 6) is 1.75. The van der Waals surface area contributed by atoms with Gasteiger partial charge >= 0.3 is 0 Å². The van der Waals surface area contributed by atoms with Crippen molar-refractivity contribution in [3.63, 3.8) is 0 Å². The third kappa shape index (κ3) is 7.07. The lowest BCUT2D eigenvalue weighted by atomic mass is 10.0. The highest BCUT2D eigenvalue weighted by molar-refractivity contribution is 7.84. The molecule has 1 aliphatic carbocycles. The molecule has 2 nitrogen and oxygen atoms in total. The van der Waals surface area contributed by atoms with E-state index in [2.05, 4.69) is 5.32 Å². The summed E-state index contributed by atoms with van der Waals surface area (Å²) in [5, 5.41) is 3.50. The van der Waals surface area contributed by atoms with E-state index < -0.39 is 10.8 Å². The second kappa shape index (κ2) is 8.28. The zero-order valence-electron chi connectivity index (χ0n) is 9.96. The summed E-state index contributed by atoms with van der Waals surface area (Å²) < 4.78 is 10.8.